The molecule has 0 bridgehead atoms. The molecule has 0 aromatic heterocycles. The van der Waals surface area contributed by atoms with Crippen LogP contribution in [0.15, 0.2) is 89.4 Å². The molecule has 0 aliphatic carbocycles. The fourth-order valence-corrected chi connectivity index (χ4v) is 4.70. The van der Waals surface area contributed by atoms with E-state index in [0.29, 0.717) is 17.9 Å². The zero-order chi connectivity index (χ0) is 22.8. The second-order valence-electron chi connectivity index (χ2n) is 7.94. The Balaban J connectivity index is 1.49. The number of hydrogen-bond donors (Lipinski definition) is 2. The van der Waals surface area contributed by atoms with Crippen molar-refractivity contribution < 1.29 is 14.3 Å². The Hall–Kier alpha value is -3.64. The van der Waals surface area contributed by atoms with Crippen LogP contribution in [0.25, 0.3) is 10.8 Å². The van der Waals surface area contributed by atoms with E-state index in [0.717, 1.165) is 32.1 Å². The molecule has 1 heterocycles. The number of fused-ring (bicyclic) bond motifs is 3. The molecule has 1 aliphatic heterocycles. The van der Waals surface area contributed by atoms with Crippen LogP contribution in [0.2, 0.25) is 0 Å². The molecule has 4 aromatic carbocycles. The molecule has 164 valence electrons. The van der Waals surface area contributed by atoms with Crippen molar-refractivity contribution in [1.82, 2.24) is 0 Å². The Kier molecular flexibility index (Phi) is 5.84. The Morgan fingerprint density at radius 1 is 1.00 bits per heavy atom. The molecule has 2 N–H and O–H groups in total. The highest BCUT2D eigenvalue weighted by atomic mass is 79.9. The van der Waals surface area contributed by atoms with Crippen molar-refractivity contribution in [2.75, 3.05) is 17.2 Å². The van der Waals surface area contributed by atoms with Gasteiger partial charge in [0.25, 0.3) is 5.91 Å². The van der Waals surface area contributed by atoms with Crippen molar-refractivity contribution in [3.05, 3.63) is 101 Å². The van der Waals surface area contributed by atoms with E-state index in [9.17, 15) is 9.59 Å². The van der Waals surface area contributed by atoms with Gasteiger partial charge in [-0.25, -0.2) is 0 Å². The van der Waals surface area contributed by atoms with E-state index in [2.05, 4.69) is 38.7 Å². The number of carbonyl (C=O) groups is 2. The highest BCUT2D eigenvalue weighted by molar-refractivity contribution is 9.10. The van der Waals surface area contributed by atoms with E-state index in [1.54, 1.807) is 0 Å². The van der Waals surface area contributed by atoms with Gasteiger partial charge in [0.1, 0.15) is 5.75 Å². The average Bonchev–Trinajstić information content (AvgIpc) is 2.83. The summed E-state index contributed by atoms with van der Waals surface area (Å²) in [5.41, 5.74) is 3.45. The molecule has 1 aliphatic rings. The maximum Gasteiger partial charge on any atom is 0.262 e. The molecule has 0 saturated heterocycles. The molecule has 0 radical (unpaired) electrons. The van der Waals surface area contributed by atoms with Crippen molar-refractivity contribution in [1.29, 1.82) is 0 Å². The van der Waals surface area contributed by atoms with Crippen molar-refractivity contribution in [3.8, 4) is 5.75 Å². The fourth-order valence-electron chi connectivity index (χ4n) is 4.32. The molecule has 0 fully saturated rings. The van der Waals surface area contributed by atoms with Crippen LogP contribution in [0, 0.1) is 0 Å². The van der Waals surface area contributed by atoms with E-state index in [1.165, 1.54) is 0 Å². The first kappa shape index (κ1) is 21.2. The number of para-hydroxylation sites is 1. The van der Waals surface area contributed by atoms with Gasteiger partial charge < -0.3 is 15.4 Å². The maximum atomic E-state index is 12.6. The number of carbonyl (C=O) groups excluding carboxylic acids is 2. The van der Waals surface area contributed by atoms with Crippen LogP contribution in [-0.4, -0.2) is 18.4 Å². The number of anilines is 2. The molecule has 4 aromatic rings. The van der Waals surface area contributed by atoms with Gasteiger partial charge in [0.15, 0.2) is 6.61 Å². The van der Waals surface area contributed by atoms with Gasteiger partial charge in [0.05, 0.1) is 0 Å². The number of rotatable bonds is 5. The average molecular weight is 501 g/mol. The predicted octanol–water partition coefficient (Wildman–Crippen LogP) is 6.09. The van der Waals surface area contributed by atoms with Gasteiger partial charge in [-0.1, -0.05) is 64.5 Å². The van der Waals surface area contributed by atoms with Crippen LogP contribution in [-0.2, 0) is 9.59 Å². The lowest BCUT2D eigenvalue weighted by molar-refractivity contribution is -0.118. The lowest BCUT2D eigenvalue weighted by Gasteiger charge is -2.29. The molecule has 2 amide bonds. The van der Waals surface area contributed by atoms with E-state index < -0.39 is 0 Å². The van der Waals surface area contributed by atoms with Crippen molar-refractivity contribution >= 4 is 49.9 Å². The molecule has 0 spiro atoms. The van der Waals surface area contributed by atoms with Crippen LogP contribution in [0.1, 0.15) is 23.5 Å². The van der Waals surface area contributed by atoms with Crippen molar-refractivity contribution in [3.63, 3.8) is 0 Å². The topological polar surface area (TPSA) is 67.4 Å². The Morgan fingerprint density at radius 3 is 2.64 bits per heavy atom. The molecule has 0 unspecified atom stereocenters. The van der Waals surface area contributed by atoms with Gasteiger partial charge in [-0.05, 0) is 52.7 Å². The maximum absolute atomic E-state index is 12.6. The first-order chi connectivity index (χ1) is 16.1. The first-order valence-electron chi connectivity index (χ1n) is 10.7. The number of benzene rings is 4. The zero-order valence-corrected chi connectivity index (χ0v) is 19.3. The third-order valence-corrected chi connectivity index (χ3v) is 6.24. The summed E-state index contributed by atoms with van der Waals surface area (Å²) >= 11 is 3.56. The second kappa shape index (κ2) is 9.08. The summed E-state index contributed by atoms with van der Waals surface area (Å²) in [6.07, 6.45) is 0.296. The molecule has 1 atom stereocenters. The van der Waals surface area contributed by atoms with Crippen LogP contribution in [0.3, 0.4) is 0 Å². The van der Waals surface area contributed by atoms with Crippen LogP contribution in [0.5, 0.6) is 5.75 Å². The molecule has 0 saturated carbocycles. The summed E-state index contributed by atoms with van der Waals surface area (Å²) in [5.74, 6) is 0.0855. The first-order valence-corrected chi connectivity index (χ1v) is 11.5. The Labute approximate surface area is 199 Å². The third kappa shape index (κ3) is 4.47. The molecule has 6 heteroatoms. The van der Waals surface area contributed by atoms with Crippen molar-refractivity contribution in [2.45, 2.75) is 12.3 Å². The number of hydrogen-bond acceptors (Lipinski definition) is 3. The molecular weight excluding hydrogens is 480 g/mol. The number of amides is 2. The predicted molar refractivity (Wildman–Crippen MR) is 134 cm³/mol. The Bertz CT molecular complexity index is 1350. The van der Waals surface area contributed by atoms with Gasteiger partial charge in [0, 0.05) is 33.7 Å². The summed E-state index contributed by atoms with van der Waals surface area (Å²) in [5, 5.41) is 8.04. The number of halogens is 1. The summed E-state index contributed by atoms with van der Waals surface area (Å²) in [4.78, 5) is 25.0. The standard InChI is InChI=1S/C27H21BrN2O3/c28-18-11-13-24(33-16-26(32)29-19-7-2-1-3-8-19)21(14-18)22-15-25(31)30-23-12-10-17-6-4-5-9-20(17)27(22)23/h1-14,22H,15-16H2,(H,29,32)(H,30,31)/t22-/m1/s1. The fraction of sp³-hybridized carbons (Fsp3) is 0.111. The molecule has 5 rings (SSSR count). The molecular formula is C27H21BrN2O3. The lowest BCUT2D eigenvalue weighted by atomic mass is 9.81. The van der Waals surface area contributed by atoms with Crippen molar-refractivity contribution in [2.24, 2.45) is 0 Å². The summed E-state index contributed by atoms with van der Waals surface area (Å²) in [7, 11) is 0. The van der Waals surface area contributed by atoms with E-state index in [4.69, 9.17) is 4.74 Å². The largest absolute Gasteiger partial charge is 0.483 e. The quantitative estimate of drug-likeness (QED) is 0.348. The SMILES string of the molecule is O=C(COc1ccc(Br)cc1[C@H]1CC(=O)Nc2ccc3ccccc3c21)Nc1ccccc1. The van der Waals surface area contributed by atoms with E-state index in [-0.39, 0.29) is 24.3 Å². The lowest BCUT2D eigenvalue weighted by Crippen LogP contribution is -2.25. The van der Waals surface area contributed by atoms with Gasteiger partial charge in [-0.2, -0.15) is 0 Å². The second-order valence-corrected chi connectivity index (χ2v) is 8.85. The van der Waals surface area contributed by atoms with E-state index >= 15 is 0 Å². The summed E-state index contributed by atoms with van der Waals surface area (Å²) < 4.78 is 6.86. The van der Waals surface area contributed by atoms with Gasteiger partial charge in [-0.15, -0.1) is 0 Å². The third-order valence-electron chi connectivity index (χ3n) is 5.75. The number of nitrogens with one attached hydrogen (secondary N) is 2. The van der Waals surface area contributed by atoms with Gasteiger partial charge in [-0.3, -0.25) is 9.59 Å². The minimum absolute atomic E-state index is 0.0458. The van der Waals surface area contributed by atoms with Crippen LogP contribution < -0.4 is 15.4 Å². The molecule has 33 heavy (non-hydrogen) atoms. The minimum atomic E-state index is -0.248. The number of ether oxygens (including phenoxy) is 1. The molecule has 5 nitrogen and oxygen atoms in total. The zero-order valence-electron chi connectivity index (χ0n) is 17.7. The Morgan fingerprint density at radius 2 is 1.79 bits per heavy atom. The normalized spacial score (nSPS) is 14.9. The smallest absolute Gasteiger partial charge is 0.262 e. The minimum Gasteiger partial charge on any atom is -0.483 e. The monoisotopic (exact) mass is 500 g/mol. The highest BCUT2D eigenvalue weighted by Crippen LogP contribution is 2.44. The van der Waals surface area contributed by atoms with Crippen LogP contribution in [0.4, 0.5) is 11.4 Å². The van der Waals surface area contributed by atoms with E-state index in [1.807, 2.05) is 72.8 Å². The highest BCUT2D eigenvalue weighted by Gasteiger charge is 2.30. The summed E-state index contributed by atoms with van der Waals surface area (Å²) in [6.45, 7) is -0.134. The van der Waals surface area contributed by atoms with Crippen LogP contribution >= 0.6 is 15.9 Å². The summed E-state index contributed by atoms with van der Waals surface area (Å²) in [6, 6.07) is 27.1. The van der Waals surface area contributed by atoms with Gasteiger partial charge >= 0.3 is 0 Å². The van der Waals surface area contributed by atoms with Gasteiger partial charge in [0.2, 0.25) is 5.91 Å².